The van der Waals surface area contributed by atoms with Crippen molar-refractivity contribution >= 4 is 5.82 Å². The molecule has 19 heavy (non-hydrogen) atoms. The second-order valence-corrected chi connectivity index (χ2v) is 5.66. The van der Waals surface area contributed by atoms with Crippen LogP contribution in [0.3, 0.4) is 0 Å². The Kier molecular flexibility index (Phi) is 3.44. The fourth-order valence-electron chi connectivity index (χ4n) is 3.04. The van der Waals surface area contributed by atoms with Crippen LogP contribution in [-0.4, -0.2) is 23.6 Å². The molecule has 0 bridgehead atoms. The van der Waals surface area contributed by atoms with Crippen LogP contribution in [0.15, 0.2) is 6.07 Å². The lowest BCUT2D eigenvalue weighted by Crippen LogP contribution is -2.29. The van der Waals surface area contributed by atoms with E-state index in [1.807, 2.05) is 7.05 Å². The van der Waals surface area contributed by atoms with Gasteiger partial charge in [-0.25, -0.2) is 9.97 Å². The van der Waals surface area contributed by atoms with E-state index in [-0.39, 0.29) is 5.60 Å². The van der Waals surface area contributed by atoms with E-state index in [2.05, 4.69) is 23.3 Å². The Morgan fingerprint density at radius 1 is 1.32 bits per heavy atom. The van der Waals surface area contributed by atoms with Crippen LogP contribution in [0.25, 0.3) is 0 Å². The number of nitrogens with zero attached hydrogens (tertiary/aromatic N) is 2. The molecular weight excluding hydrogens is 238 g/mol. The van der Waals surface area contributed by atoms with Gasteiger partial charge >= 0.3 is 0 Å². The molecule has 0 amide bonds. The molecule has 0 aliphatic heterocycles. The van der Waals surface area contributed by atoms with Gasteiger partial charge in [-0.15, -0.1) is 0 Å². The zero-order chi connectivity index (χ0) is 13.3. The monoisotopic (exact) mass is 261 g/mol. The molecule has 1 aromatic heterocycles. The third-order valence-corrected chi connectivity index (χ3v) is 4.24. The van der Waals surface area contributed by atoms with E-state index in [1.165, 1.54) is 31.4 Å². The molecule has 2 aliphatic carbocycles. The van der Waals surface area contributed by atoms with Crippen molar-refractivity contribution in [2.45, 2.75) is 57.0 Å². The van der Waals surface area contributed by atoms with Crippen LogP contribution in [0.2, 0.25) is 0 Å². The van der Waals surface area contributed by atoms with Crippen molar-refractivity contribution in [3.8, 4) is 0 Å². The second kappa shape index (κ2) is 5.08. The van der Waals surface area contributed by atoms with Crippen molar-refractivity contribution in [2.24, 2.45) is 0 Å². The Labute approximate surface area is 115 Å². The zero-order valence-corrected chi connectivity index (χ0v) is 11.9. The number of hydrogen-bond donors (Lipinski definition) is 1. The Morgan fingerprint density at radius 2 is 2.05 bits per heavy atom. The van der Waals surface area contributed by atoms with Crippen LogP contribution < -0.4 is 5.32 Å². The molecule has 104 valence electrons. The van der Waals surface area contributed by atoms with Crippen molar-refractivity contribution < 1.29 is 4.74 Å². The number of aromatic nitrogens is 2. The molecule has 1 heterocycles. The van der Waals surface area contributed by atoms with E-state index in [0.29, 0.717) is 5.92 Å². The van der Waals surface area contributed by atoms with Crippen LogP contribution >= 0.6 is 0 Å². The SMILES string of the molecule is CCOC1(c2nc(NC)cc(C3CC3)n2)CCCC1. The first-order valence-corrected chi connectivity index (χ1v) is 7.48. The van der Waals surface area contributed by atoms with Gasteiger partial charge in [-0.2, -0.15) is 0 Å². The first kappa shape index (κ1) is 12.9. The van der Waals surface area contributed by atoms with Gasteiger partial charge in [0, 0.05) is 31.3 Å². The molecule has 2 aliphatic rings. The van der Waals surface area contributed by atoms with Gasteiger partial charge in [0.25, 0.3) is 0 Å². The molecule has 4 heteroatoms. The summed E-state index contributed by atoms with van der Waals surface area (Å²) in [4.78, 5) is 9.53. The molecule has 3 rings (SSSR count). The quantitative estimate of drug-likeness (QED) is 0.884. The van der Waals surface area contributed by atoms with Crippen molar-refractivity contribution in [3.63, 3.8) is 0 Å². The predicted molar refractivity (Wildman–Crippen MR) is 75.3 cm³/mol. The van der Waals surface area contributed by atoms with Crippen molar-refractivity contribution in [1.29, 1.82) is 0 Å². The minimum absolute atomic E-state index is 0.231. The number of ether oxygens (including phenoxy) is 1. The van der Waals surface area contributed by atoms with Gasteiger partial charge in [0.15, 0.2) is 5.82 Å². The summed E-state index contributed by atoms with van der Waals surface area (Å²) < 4.78 is 6.08. The van der Waals surface area contributed by atoms with Crippen LogP contribution in [0, 0.1) is 0 Å². The highest BCUT2D eigenvalue weighted by molar-refractivity contribution is 5.38. The fourth-order valence-corrected chi connectivity index (χ4v) is 3.04. The Bertz CT molecular complexity index is 451. The highest BCUT2D eigenvalue weighted by atomic mass is 16.5. The molecule has 4 nitrogen and oxygen atoms in total. The molecule has 1 N–H and O–H groups in total. The van der Waals surface area contributed by atoms with Crippen LogP contribution in [-0.2, 0) is 10.3 Å². The van der Waals surface area contributed by atoms with Crippen LogP contribution in [0.5, 0.6) is 0 Å². The van der Waals surface area contributed by atoms with Gasteiger partial charge in [-0.05, 0) is 45.4 Å². The number of anilines is 1. The van der Waals surface area contributed by atoms with E-state index in [1.54, 1.807) is 0 Å². The molecule has 1 aromatic rings. The van der Waals surface area contributed by atoms with E-state index >= 15 is 0 Å². The zero-order valence-electron chi connectivity index (χ0n) is 11.9. The normalized spacial score (nSPS) is 21.6. The predicted octanol–water partition coefficient (Wildman–Crippen LogP) is 3.20. The van der Waals surface area contributed by atoms with Gasteiger partial charge in [0.1, 0.15) is 11.4 Å². The van der Waals surface area contributed by atoms with Crippen LogP contribution in [0.1, 0.15) is 62.9 Å². The van der Waals surface area contributed by atoms with Gasteiger partial charge < -0.3 is 10.1 Å². The van der Waals surface area contributed by atoms with Gasteiger partial charge in [-0.1, -0.05) is 0 Å². The fraction of sp³-hybridized carbons (Fsp3) is 0.733. The van der Waals surface area contributed by atoms with E-state index < -0.39 is 0 Å². The maximum Gasteiger partial charge on any atom is 0.162 e. The summed E-state index contributed by atoms with van der Waals surface area (Å²) in [5, 5.41) is 3.17. The molecule has 0 radical (unpaired) electrons. The van der Waals surface area contributed by atoms with Crippen molar-refractivity contribution in [3.05, 3.63) is 17.6 Å². The minimum Gasteiger partial charge on any atom is -0.373 e. The molecule has 0 spiro atoms. The Balaban J connectivity index is 1.99. The second-order valence-electron chi connectivity index (χ2n) is 5.66. The topological polar surface area (TPSA) is 47.0 Å². The smallest absolute Gasteiger partial charge is 0.162 e. The lowest BCUT2D eigenvalue weighted by molar-refractivity contribution is -0.0457. The number of nitrogens with one attached hydrogen (secondary N) is 1. The molecular formula is C15H23N3O. The Morgan fingerprint density at radius 3 is 2.63 bits per heavy atom. The lowest BCUT2D eigenvalue weighted by Gasteiger charge is -2.28. The number of hydrogen-bond acceptors (Lipinski definition) is 4. The summed E-state index contributed by atoms with van der Waals surface area (Å²) in [5.41, 5.74) is 0.964. The van der Waals surface area contributed by atoms with Crippen molar-refractivity contribution in [2.75, 3.05) is 19.0 Å². The Hall–Kier alpha value is -1.16. The van der Waals surface area contributed by atoms with E-state index in [9.17, 15) is 0 Å². The highest BCUT2D eigenvalue weighted by Gasteiger charge is 2.40. The molecule has 2 saturated carbocycles. The molecule has 0 atom stereocenters. The largest absolute Gasteiger partial charge is 0.373 e. The maximum atomic E-state index is 6.08. The van der Waals surface area contributed by atoms with Gasteiger partial charge in [0.05, 0.1) is 0 Å². The first-order valence-electron chi connectivity index (χ1n) is 7.48. The molecule has 2 fully saturated rings. The summed E-state index contributed by atoms with van der Waals surface area (Å²) in [7, 11) is 1.92. The summed E-state index contributed by atoms with van der Waals surface area (Å²) >= 11 is 0. The average molecular weight is 261 g/mol. The van der Waals surface area contributed by atoms with Crippen molar-refractivity contribution in [1.82, 2.24) is 9.97 Å². The highest BCUT2D eigenvalue weighted by Crippen LogP contribution is 2.44. The summed E-state index contributed by atoms with van der Waals surface area (Å²) in [6, 6.07) is 2.09. The van der Waals surface area contributed by atoms with Gasteiger partial charge in [0.2, 0.25) is 0 Å². The first-order chi connectivity index (χ1) is 9.27. The molecule has 0 aromatic carbocycles. The third kappa shape index (κ3) is 2.46. The summed E-state index contributed by atoms with van der Waals surface area (Å²) in [5.74, 6) is 2.48. The van der Waals surface area contributed by atoms with Crippen LogP contribution in [0.4, 0.5) is 5.82 Å². The average Bonchev–Trinajstić information content (AvgIpc) is 3.19. The van der Waals surface area contributed by atoms with E-state index in [0.717, 1.165) is 31.1 Å². The lowest BCUT2D eigenvalue weighted by atomic mass is 10.0. The van der Waals surface area contributed by atoms with Gasteiger partial charge in [-0.3, -0.25) is 0 Å². The third-order valence-electron chi connectivity index (χ3n) is 4.24. The standard InChI is InChI=1S/C15H23N3O/c1-3-19-15(8-4-5-9-15)14-17-12(11-6-7-11)10-13(16-2)18-14/h10-11H,3-9H2,1-2H3,(H,16,17,18). The summed E-state index contributed by atoms with van der Waals surface area (Å²) in [6.07, 6.45) is 7.07. The minimum atomic E-state index is -0.231. The van der Waals surface area contributed by atoms with E-state index in [4.69, 9.17) is 9.72 Å². The molecule has 0 saturated heterocycles. The number of rotatable bonds is 5. The molecule has 0 unspecified atom stereocenters. The maximum absolute atomic E-state index is 6.08. The summed E-state index contributed by atoms with van der Waals surface area (Å²) in [6.45, 7) is 2.79.